The van der Waals surface area contributed by atoms with Gasteiger partial charge >= 0.3 is 5.97 Å². The van der Waals surface area contributed by atoms with E-state index >= 15 is 0 Å². The van der Waals surface area contributed by atoms with Gasteiger partial charge in [0.05, 0.1) is 5.69 Å². The van der Waals surface area contributed by atoms with E-state index in [4.69, 9.17) is 4.74 Å². The highest BCUT2D eigenvalue weighted by Crippen LogP contribution is 2.08. The van der Waals surface area contributed by atoms with Crippen molar-refractivity contribution < 1.29 is 13.9 Å². The fourth-order valence-electron chi connectivity index (χ4n) is 2.51. The smallest absolute Gasteiger partial charge is 0.306 e. The monoisotopic (exact) mass is 340 g/mol. The van der Waals surface area contributed by atoms with E-state index in [1.54, 1.807) is 24.4 Å². The quantitative estimate of drug-likeness (QED) is 0.670. The van der Waals surface area contributed by atoms with Crippen LogP contribution in [0.15, 0.2) is 53.5 Å². The van der Waals surface area contributed by atoms with E-state index in [1.807, 2.05) is 13.0 Å². The third kappa shape index (κ3) is 4.09. The Morgan fingerprint density at radius 2 is 2.00 bits per heavy atom. The van der Waals surface area contributed by atoms with Gasteiger partial charge in [0.2, 0.25) is 0 Å². The molecular weight excluding hydrogens is 323 g/mol. The first-order chi connectivity index (χ1) is 12.0. The number of carbonyl (C=O) groups excluding carboxylic acids is 1. The zero-order chi connectivity index (χ0) is 17.8. The van der Waals surface area contributed by atoms with Crippen LogP contribution in [0, 0.1) is 12.7 Å². The van der Waals surface area contributed by atoms with Gasteiger partial charge in [0, 0.05) is 18.7 Å². The summed E-state index contributed by atoms with van der Waals surface area (Å²) in [6.45, 7) is 1.81. The third-order valence-corrected chi connectivity index (χ3v) is 3.85. The van der Waals surface area contributed by atoms with Gasteiger partial charge in [-0.2, -0.15) is 0 Å². The average molecular weight is 340 g/mol. The summed E-state index contributed by atoms with van der Waals surface area (Å²) in [6.07, 6.45) is 2.29. The molecule has 0 aliphatic heterocycles. The van der Waals surface area contributed by atoms with Crippen molar-refractivity contribution in [1.82, 2.24) is 9.38 Å². The van der Waals surface area contributed by atoms with Crippen LogP contribution in [0.4, 0.5) is 4.39 Å². The van der Waals surface area contributed by atoms with E-state index in [1.165, 1.54) is 22.6 Å². The lowest BCUT2D eigenvalue weighted by Crippen LogP contribution is -2.17. The van der Waals surface area contributed by atoms with Gasteiger partial charge in [-0.25, -0.2) is 9.37 Å². The molecule has 25 heavy (non-hydrogen) atoms. The number of rotatable bonds is 5. The molecule has 0 N–H and O–H groups in total. The second-order valence-corrected chi connectivity index (χ2v) is 5.76. The van der Waals surface area contributed by atoms with Crippen molar-refractivity contribution in [2.75, 3.05) is 0 Å². The molecule has 0 bridgehead atoms. The van der Waals surface area contributed by atoms with Crippen molar-refractivity contribution >= 4 is 11.6 Å². The molecule has 128 valence electrons. The van der Waals surface area contributed by atoms with Gasteiger partial charge in [0.1, 0.15) is 18.1 Å². The number of fused-ring (bicyclic) bond motifs is 1. The molecule has 0 saturated carbocycles. The van der Waals surface area contributed by atoms with Crippen LogP contribution < -0.4 is 5.56 Å². The first-order valence-electron chi connectivity index (χ1n) is 7.91. The molecular formula is C19H17FN2O3. The number of aryl methyl sites for hydroxylation is 2. The molecule has 0 aliphatic rings. The van der Waals surface area contributed by atoms with E-state index in [0.717, 1.165) is 11.1 Å². The summed E-state index contributed by atoms with van der Waals surface area (Å²) in [5, 5.41) is 0. The van der Waals surface area contributed by atoms with Gasteiger partial charge < -0.3 is 4.74 Å². The summed E-state index contributed by atoms with van der Waals surface area (Å²) in [5.74, 6) is -0.702. The SMILES string of the molecule is Cc1cccn2c(=O)cc(COC(=O)CCc3ccc(F)cc3)nc12. The molecule has 0 fully saturated rings. The Morgan fingerprint density at radius 1 is 1.24 bits per heavy atom. The highest BCUT2D eigenvalue weighted by atomic mass is 19.1. The first kappa shape index (κ1) is 16.8. The summed E-state index contributed by atoms with van der Waals surface area (Å²) in [4.78, 5) is 28.3. The molecule has 5 nitrogen and oxygen atoms in total. The topological polar surface area (TPSA) is 60.7 Å². The molecule has 0 saturated heterocycles. The second-order valence-electron chi connectivity index (χ2n) is 5.76. The molecule has 6 heteroatoms. The van der Waals surface area contributed by atoms with Crippen LogP contribution in [0.3, 0.4) is 0 Å². The summed E-state index contributed by atoms with van der Waals surface area (Å²) in [6, 6.07) is 11.0. The number of aromatic nitrogens is 2. The number of pyridine rings is 1. The number of carbonyl (C=O) groups is 1. The first-order valence-corrected chi connectivity index (χ1v) is 7.91. The predicted molar refractivity (Wildman–Crippen MR) is 90.7 cm³/mol. The molecule has 3 rings (SSSR count). The van der Waals surface area contributed by atoms with Crippen LogP contribution in [0.1, 0.15) is 23.2 Å². The highest BCUT2D eigenvalue weighted by Gasteiger charge is 2.08. The Morgan fingerprint density at radius 3 is 2.76 bits per heavy atom. The number of benzene rings is 1. The molecule has 0 spiro atoms. The van der Waals surface area contributed by atoms with Gasteiger partial charge in [-0.1, -0.05) is 18.2 Å². The van der Waals surface area contributed by atoms with E-state index in [2.05, 4.69) is 4.98 Å². The average Bonchev–Trinajstić information content (AvgIpc) is 2.60. The van der Waals surface area contributed by atoms with Crippen LogP contribution in [0.5, 0.6) is 0 Å². The Labute approximate surface area is 143 Å². The van der Waals surface area contributed by atoms with Crippen LogP contribution in [0.2, 0.25) is 0 Å². The van der Waals surface area contributed by atoms with Crippen molar-refractivity contribution in [3.8, 4) is 0 Å². The standard InChI is InChI=1S/C19H17FN2O3/c1-13-3-2-10-22-17(23)11-16(21-19(13)22)12-25-18(24)9-6-14-4-7-15(20)8-5-14/h2-5,7-8,10-11H,6,9,12H2,1H3. The van der Waals surface area contributed by atoms with E-state index in [-0.39, 0.29) is 24.4 Å². The Kier molecular flexibility index (Phi) is 4.88. The zero-order valence-electron chi connectivity index (χ0n) is 13.7. The van der Waals surface area contributed by atoms with E-state index < -0.39 is 5.97 Å². The van der Waals surface area contributed by atoms with Gasteiger partial charge in [0.25, 0.3) is 5.56 Å². The van der Waals surface area contributed by atoms with Crippen molar-refractivity contribution in [2.24, 2.45) is 0 Å². The molecule has 0 atom stereocenters. The lowest BCUT2D eigenvalue weighted by molar-refractivity contribution is -0.145. The Bertz CT molecular complexity index is 965. The molecule has 0 amide bonds. The maximum atomic E-state index is 12.8. The molecule has 0 unspecified atom stereocenters. The fourth-order valence-corrected chi connectivity index (χ4v) is 2.51. The predicted octanol–water partition coefficient (Wildman–Crippen LogP) is 2.82. The lowest BCUT2D eigenvalue weighted by atomic mass is 10.1. The maximum absolute atomic E-state index is 12.8. The van der Waals surface area contributed by atoms with Crippen molar-refractivity contribution in [3.63, 3.8) is 0 Å². The zero-order valence-corrected chi connectivity index (χ0v) is 13.7. The minimum Gasteiger partial charge on any atom is -0.459 e. The number of hydrogen-bond acceptors (Lipinski definition) is 4. The minimum absolute atomic E-state index is 0.0532. The molecule has 0 aliphatic carbocycles. The highest BCUT2D eigenvalue weighted by molar-refractivity contribution is 5.69. The molecule has 1 aromatic carbocycles. The number of nitrogens with zero attached hydrogens (tertiary/aromatic N) is 2. The summed E-state index contributed by atoms with van der Waals surface area (Å²) in [5.41, 5.74) is 2.47. The Hall–Kier alpha value is -3.02. The molecule has 2 aromatic heterocycles. The van der Waals surface area contributed by atoms with Gasteiger partial charge in [0.15, 0.2) is 0 Å². The lowest BCUT2D eigenvalue weighted by Gasteiger charge is -2.07. The maximum Gasteiger partial charge on any atom is 0.306 e. The van der Waals surface area contributed by atoms with Crippen LogP contribution in [-0.2, 0) is 22.6 Å². The van der Waals surface area contributed by atoms with E-state index in [9.17, 15) is 14.0 Å². The largest absolute Gasteiger partial charge is 0.459 e. The Balaban J connectivity index is 1.62. The number of esters is 1. The van der Waals surface area contributed by atoms with Crippen LogP contribution >= 0.6 is 0 Å². The van der Waals surface area contributed by atoms with Crippen molar-refractivity contribution in [1.29, 1.82) is 0 Å². The second kappa shape index (κ2) is 7.25. The van der Waals surface area contributed by atoms with Crippen LogP contribution in [-0.4, -0.2) is 15.4 Å². The number of hydrogen-bond donors (Lipinski definition) is 0. The molecule has 0 radical (unpaired) electrons. The van der Waals surface area contributed by atoms with E-state index in [0.29, 0.717) is 17.8 Å². The van der Waals surface area contributed by atoms with Gasteiger partial charge in [-0.05, 0) is 42.7 Å². The summed E-state index contributed by atoms with van der Waals surface area (Å²) in [7, 11) is 0. The third-order valence-electron chi connectivity index (χ3n) is 3.85. The van der Waals surface area contributed by atoms with Crippen molar-refractivity contribution in [2.45, 2.75) is 26.4 Å². The summed E-state index contributed by atoms with van der Waals surface area (Å²) < 4.78 is 19.5. The van der Waals surface area contributed by atoms with Gasteiger partial charge in [-0.3, -0.25) is 14.0 Å². The minimum atomic E-state index is -0.392. The normalized spacial score (nSPS) is 10.8. The van der Waals surface area contributed by atoms with Gasteiger partial charge in [-0.15, -0.1) is 0 Å². The molecule has 2 heterocycles. The molecule has 3 aromatic rings. The van der Waals surface area contributed by atoms with Crippen LogP contribution in [0.25, 0.3) is 5.65 Å². The summed E-state index contributed by atoms with van der Waals surface area (Å²) >= 11 is 0. The van der Waals surface area contributed by atoms with Crippen molar-refractivity contribution in [3.05, 3.63) is 81.7 Å². The number of ether oxygens (including phenoxy) is 1. The fraction of sp³-hybridized carbons (Fsp3) is 0.211. The number of halogens is 1.